The predicted molar refractivity (Wildman–Crippen MR) is 123 cm³/mol. The van der Waals surface area contributed by atoms with Crippen molar-refractivity contribution in [2.24, 2.45) is 5.92 Å². The van der Waals surface area contributed by atoms with Crippen molar-refractivity contribution >= 4 is 44.9 Å². The molecule has 30 heavy (non-hydrogen) atoms. The molecule has 1 amide bonds. The Bertz CT molecular complexity index is 1140. The first-order chi connectivity index (χ1) is 14.4. The van der Waals surface area contributed by atoms with Gasteiger partial charge in [-0.2, -0.15) is 5.26 Å². The van der Waals surface area contributed by atoms with Crippen LogP contribution in [0.3, 0.4) is 0 Å². The molecule has 6 nitrogen and oxygen atoms in total. The molecule has 3 aromatic rings. The van der Waals surface area contributed by atoms with E-state index in [1.807, 2.05) is 19.1 Å². The van der Waals surface area contributed by atoms with E-state index in [9.17, 15) is 9.59 Å². The Balaban J connectivity index is 1.68. The number of carbonyl (C=O) groups excluding carboxylic acids is 1. The van der Waals surface area contributed by atoms with Gasteiger partial charge in [0.05, 0.1) is 23.6 Å². The van der Waals surface area contributed by atoms with Crippen molar-refractivity contribution in [3.8, 4) is 6.07 Å². The third-order valence-electron chi connectivity index (χ3n) is 4.95. The second-order valence-electron chi connectivity index (χ2n) is 7.27. The summed E-state index contributed by atoms with van der Waals surface area (Å²) in [6.45, 7) is 6.37. The number of anilines is 1. The molecule has 2 aromatic heterocycles. The van der Waals surface area contributed by atoms with E-state index in [4.69, 9.17) is 5.26 Å². The van der Waals surface area contributed by atoms with Crippen LogP contribution in [0.2, 0.25) is 0 Å². The fourth-order valence-corrected chi connectivity index (χ4v) is 4.86. The van der Waals surface area contributed by atoms with Crippen molar-refractivity contribution in [2.45, 2.75) is 45.2 Å². The molecule has 0 bridgehead atoms. The van der Waals surface area contributed by atoms with Crippen molar-refractivity contribution in [2.75, 3.05) is 11.1 Å². The topological polar surface area (TPSA) is 98.6 Å². The number of benzene rings is 1. The number of nitrogens with one attached hydrogen (secondary N) is 2. The summed E-state index contributed by atoms with van der Waals surface area (Å²) in [5, 5.41) is 12.7. The summed E-state index contributed by atoms with van der Waals surface area (Å²) in [7, 11) is 0. The first-order valence-corrected chi connectivity index (χ1v) is 11.6. The molecule has 0 saturated heterocycles. The summed E-state index contributed by atoms with van der Waals surface area (Å²) in [5.41, 5.74) is 2.52. The normalized spacial score (nSPS) is 11.9. The highest BCUT2D eigenvalue weighted by atomic mass is 32.2. The number of aromatic amines is 1. The van der Waals surface area contributed by atoms with Crippen LogP contribution in [0.25, 0.3) is 10.2 Å². The van der Waals surface area contributed by atoms with Crippen molar-refractivity contribution in [3.63, 3.8) is 0 Å². The van der Waals surface area contributed by atoms with Crippen LogP contribution in [0.15, 0.2) is 34.2 Å². The average molecular weight is 441 g/mol. The van der Waals surface area contributed by atoms with Gasteiger partial charge in [0.2, 0.25) is 5.91 Å². The number of thioether (sulfide) groups is 1. The number of H-pyrrole nitrogens is 1. The maximum Gasteiger partial charge on any atom is 0.260 e. The van der Waals surface area contributed by atoms with Gasteiger partial charge in [-0.25, -0.2) is 4.98 Å². The van der Waals surface area contributed by atoms with E-state index in [-0.39, 0.29) is 17.2 Å². The minimum atomic E-state index is -0.185. The van der Waals surface area contributed by atoms with Crippen molar-refractivity contribution in [1.82, 2.24) is 9.97 Å². The summed E-state index contributed by atoms with van der Waals surface area (Å²) in [6.07, 6.45) is 2.27. The molecule has 0 spiro atoms. The maximum absolute atomic E-state index is 12.7. The van der Waals surface area contributed by atoms with Crippen molar-refractivity contribution in [1.29, 1.82) is 5.26 Å². The number of thiophene rings is 1. The van der Waals surface area contributed by atoms with Gasteiger partial charge in [-0.15, -0.1) is 11.3 Å². The van der Waals surface area contributed by atoms with E-state index in [0.717, 1.165) is 33.7 Å². The summed E-state index contributed by atoms with van der Waals surface area (Å²) < 4.78 is 0. The Labute approximate surface area is 183 Å². The average Bonchev–Trinajstić information content (AvgIpc) is 3.03. The number of rotatable bonds is 8. The molecule has 2 N–H and O–H groups in total. The second kappa shape index (κ2) is 9.92. The number of aryl methyl sites for hydroxylation is 1. The van der Waals surface area contributed by atoms with E-state index in [1.54, 1.807) is 12.1 Å². The van der Waals surface area contributed by atoms with E-state index >= 15 is 0 Å². The summed E-state index contributed by atoms with van der Waals surface area (Å²) >= 11 is 2.74. The number of nitrogens with zero attached hydrogens (tertiary/aromatic N) is 2. The van der Waals surface area contributed by atoms with Gasteiger partial charge in [-0.05, 0) is 42.5 Å². The molecule has 156 valence electrons. The van der Waals surface area contributed by atoms with Crippen molar-refractivity contribution in [3.05, 3.63) is 50.6 Å². The highest BCUT2D eigenvalue weighted by Crippen LogP contribution is 2.30. The van der Waals surface area contributed by atoms with E-state index < -0.39 is 0 Å². The van der Waals surface area contributed by atoms with Crippen LogP contribution in [-0.2, 0) is 17.6 Å². The molecular formula is C22H24N4O2S2. The third kappa shape index (κ3) is 5.29. The van der Waals surface area contributed by atoms with Crippen LogP contribution in [-0.4, -0.2) is 21.6 Å². The minimum Gasteiger partial charge on any atom is -0.325 e. The Hall–Kier alpha value is -2.63. The van der Waals surface area contributed by atoms with Crippen LogP contribution >= 0.6 is 23.1 Å². The van der Waals surface area contributed by atoms with Crippen molar-refractivity contribution < 1.29 is 4.79 Å². The Kier molecular flexibility index (Phi) is 7.29. The lowest BCUT2D eigenvalue weighted by Crippen LogP contribution is -2.15. The fraction of sp³-hybridized carbons (Fsp3) is 0.364. The molecule has 1 unspecified atom stereocenters. The van der Waals surface area contributed by atoms with Gasteiger partial charge in [0, 0.05) is 10.6 Å². The largest absolute Gasteiger partial charge is 0.325 e. The first kappa shape index (κ1) is 22.1. The van der Waals surface area contributed by atoms with Gasteiger partial charge in [0.25, 0.3) is 5.56 Å². The minimum absolute atomic E-state index is 0.137. The van der Waals surface area contributed by atoms with E-state index in [1.165, 1.54) is 23.1 Å². The third-order valence-corrected chi connectivity index (χ3v) is 6.87. The molecule has 0 aliphatic rings. The number of carbonyl (C=O) groups is 1. The molecular weight excluding hydrogens is 416 g/mol. The van der Waals surface area contributed by atoms with Gasteiger partial charge < -0.3 is 10.3 Å². The molecule has 2 heterocycles. The number of hydrogen-bond donors (Lipinski definition) is 2. The number of nitriles is 1. The summed E-state index contributed by atoms with van der Waals surface area (Å²) in [5.74, 6) is 0.460. The van der Waals surface area contributed by atoms with E-state index in [0.29, 0.717) is 28.6 Å². The molecule has 0 saturated carbocycles. The lowest BCUT2D eigenvalue weighted by atomic mass is 9.98. The molecule has 0 fully saturated rings. The monoisotopic (exact) mass is 440 g/mol. The number of hydrogen-bond acceptors (Lipinski definition) is 6. The fourth-order valence-electron chi connectivity index (χ4n) is 3.09. The van der Waals surface area contributed by atoms with Gasteiger partial charge >= 0.3 is 0 Å². The first-order valence-electron chi connectivity index (χ1n) is 9.82. The van der Waals surface area contributed by atoms with Gasteiger partial charge in [-0.3, -0.25) is 9.59 Å². The quantitative estimate of drug-likeness (QED) is 0.391. The zero-order valence-corrected chi connectivity index (χ0v) is 18.9. The highest BCUT2D eigenvalue weighted by molar-refractivity contribution is 7.99. The zero-order valence-electron chi connectivity index (χ0n) is 17.2. The van der Waals surface area contributed by atoms with Crippen LogP contribution in [0.4, 0.5) is 5.69 Å². The predicted octanol–water partition coefficient (Wildman–Crippen LogP) is 4.68. The maximum atomic E-state index is 12.7. The molecule has 3 rings (SSSR count). The zero-order chi connectivity index (χ0) is 21.7. The summed E-state index contributed by atoms with van der Waals surface area (Å²) in [4.78, 5) is 34.2. The Morgan fingerprint density at radius 1 is 1.37 bits per heavy atom. The lowest BCUT2D eigenvalue weighted by molar-refractivity contribution is -0.113. The molecule has 1 atom stereocenters. The van der Waals surface area contributed by atoms with Crippen LogP contribution in [0, 0.1) is 24.2 Å². The second-order valence-corrected chi connectivity index (χ2v) is 9.44. The van der Waals surface area contributed by atoms with Gasteiger partial charge in [0.1, 0.15) is 4.83 Å². The highest BCUT2D eigenvalue weighted by Gasteiger charge is 2.17. The molecule has 0 aliphatic carbocycles. The smallest absolute Gasteiger partial charge is 0.260 e. The number of fused-ring (bicyclic) bond motifs is 1. The Morgan fingerprint density at radius 3 is 2.77 bits per heavy atom. The number of aromatic nitrogens is 2. The number of amides is 1. The van der Waals surface area contributed by atoms with Gasteiger partial charge in [-0.1, -0.05) is 44.2 Å². The molecule has 1 aromatic carbocycles. The molecule has 8 heteroatoms. The van der Waals surface area contributed by atoms with Gasteiger partial charge in [0.15, 0.2) is 5.16 Å². The molecule has 0 aliphatic heterocycles. The Morgan fingerprint density at radius 2 is 2.10 bits per heavy atom. The summed E-state index contributed by atoms with van der Waals surface area (Å²) in [6, 6.07) is 9.27. The standard InChI is InChI=1S/C22H24N4O2S2/c1-4-13(2)11-17-14(3)30-21-19(17)20(28)25-22(26-21)29-12-18(27)24-16-7-5-15(6-8-16)9-10-23/h5-8,13H,4,9,11-12H2,1-3H3,(H,24,27)(H,25,26,28). The van der Waals surface area contributed by atoms with Crippen LogP contribution < -0.4 is 10.9 Å². The van der Waals surface area contributed by atoms with E-state index in [2.05, 4.69) is 35.2 Å². The molecule has 0 radical (unpaired) electrons. The SMILES string of the molecule is CCC(C)Cc1c(C)sc2nc(SCC(=O)Nc3ccc(CC#N)cc3)[nH]c(=O)c12. The lowest BCUT2D eigenvalue weighted by Gasteiger charge is -2.08. The van der Waals surface area contributed by atoms with Crippen LogP contribution in [0.1, 0.15) is 36.3 Å². The van der Waals surface area contributed by atoms with Crippen LogP contribution in [0.5, 0.6) is 0 Å².